The number of aryl methyl sites for hydroxylation is 1. The standard InChI is InChI=1S/C14H13F3N2S/c1-3-11-8(2)13(20)19-12(18-11)9-5-4-6-10(7-9)14(15,16)17/h4-7H,3H2,1-2H3,(H,18,19,20). The molecule has 6 heteroatoms. The van der Waals surface area contributed by atoms with E-state index < -0.39 is 11.7 Å². The van der Waals surface area contributed by atoms with Crippen LogP contribution in [0.1, 0.15) is 23.7 Å². The van der Waals surface area contributed by atoms with Gasteiger partial charge in [-0.2, -0.15) is 13.2 Å². The summed E-state index contributed by atoms with van der Waals surface area (Å²) in [6, 6.07) is 5.05. The van der Waals surface area contributed by atoms with Crippen molar-refractivity contribution in [2.45, 2.75) is 26.4 Å². The van der Waals surface area contributed by atoms with Gasteiger partial charge < -0.3 is 4.98 Å². The van der Waals surface area contributed by atoms with Gasteiger partial charge in [-0.15, -0.1) is 0 Å². The minimum absolute atomic E-state index is 0.364. The van der Waals surface area contributed by atoms with Crippen molar-refractivity contribution in [3.63, 3.8) is 0 Å². The van der Waals surface area contributed by atoms with Gasteiger partial charge in [-0.25, -0.2) is 4.98 Å². The van der Waals surface area contributed by atoms with Crippen LogP contribution in [0, 0.1) is 11.6 Å². The van der Waals surface area contributed by atoms with E-state index >= 15 is 0 Å². The van der Waals surface area contributed by atoms with E-state index in [-0.39, 0.29) is 0 Å². The summed E-state index contributed by atoms with van der Waals surface area (Å²) in [6.45, 7) is 3.80. The van der Waals surface area contributed by atoms with Crippen molar-refractivity contribution in [2.75, 3.05) is 0 Å². The number of rotatable bonds is 2. The summed E-state index contributed by atoms with van der Waals surface area (Å²) >= 11 is 5.15. The molecule has 1 N–H and O–H groups in total. The van der Waals surface area contributed by atoms with E-state index in [0.717, 1.165) is 23.4 Å². The van der Waals surface area contributed by atoms with Crippen LogP contribution < -0.4 is 0 Å². The zero-order valence-corrected chi connectivity index (χ0v) is 11.8. The number of halogens is 3. The van der Waals surface area contributed by atoms with Gasteiger partial charge in [-0.3, -0.25) is 0 Å². The number of aromatic nitrogens is 2. The normalized spacial score (nSPS) is 11.7. The van der Waals surface area contributed by atoms with Crippen LogP contribution in [0.4, 0.5) is 13.2 Å². The molecule has 2 aromatic rings. The third-order valence-electron chi connectivity index (χ3n) is 3.07. The number of nitrogens with one attached hydrogen (secondary N) is 1. The number of hydrogen-bond acceptors (Lipinski definition) is 2. The summed E-state index contributed by atoms with van der Waals surface area (Å²) in [5.41, 5.74) is 1.42. The molecule has 0 saturated carbocycles. The molecule has 0 radical (unpaired) electrons. The molecule has 0 spiro atoms. The molecule has 0 bridgehead atoms. The summed E-state index contributed by atoms with van der Waals surface area (Å²) in [7, 11) is 0. The lowest BCUT2D eigenvalue weighted by Gasteiger charge is -2.10. The first-order valence-electron chi connectivity index (χ1n) is 6.10. The van der Waals surface area contributed by atoms with Gasteiger partial charge in [0.25, 0.3) is 0 Å². The van der Waals surface area contributed by atoms with Crippen LogP contribution in [-0.2, 0) is 12.6 Å². The number of alkyl halides is 3. The molecule has 0 aliphatic carbocycles. The predicted molar refractivity (Wildman–Crippen MR) is 74.0 cm³/mol. The highest BCUT2D eigenvalue weighted by Gasteiger charge is 2.30. The smallest absolute Gasteiger partial charge is 0.343 e. The molecule has 1 aromatic carbocycles. The minimum Gasteiger partial charge on any atom is -0.343 e. The lowest BCUT2D eigenvalue weighted by atomic mass is 10.1. The van der Waals surface area contributed by atoms with Gasteiger partial charge in [0.1, 0.15) is 10.5 Å². The lowest BCUT2D eigenvalue weighted by Crippen LogP contribution is -2.05. The van der Waals surface area contributed by atoms with Crippen LogP contribution >= 0.6 is 12.2 Å². The molecule has 0 aliphatic heterocycles. The molecular formula is C14H13F3N2S. The lowest BCUT2D eigenvalue weighted by molar-refractivity contribution is -0.137. The molecule has 0 saturated heterocycles. The first-order chi connectivity index (χ1) is 9.32. The highest BCUT2D eigenvalue weighted by molar-refractivity contribution is 7.71. The molecular weight excluding hydrogens is 285 g/mol. The molecule has 2 rings (SSSR count). The third kappa shape index (κ3) is 2.90. The number of benzene rings is 1. The average Bonchev–Trinajstić information content (AvgIpc) is 2.41. The third-order valence-corrected chi connectivity index (χ3v) is 3.47. The molecule has 0 amide bonds. The van der Waals surface area contributed by atoms with Gasteiger partial charge in [0.05, 0.1) is 5.56 Å². The number of aromatic amines is 1. The van der Waals surface area contributed by atoms with E-state index in [1.165, 1.54) is 6.07 Å². The molecule has 0 fully saturated rings. The summed E-state index contributed by atoms with van der Waals surface area (Å²) in [4.78, 5) is 7.22. The Bertz CT molecular complexity index is 690. The Kier molecular flexibility index (Phi) is 3.94. The van der Waals surface area contributed by atoms with Crippen molar-refractivity contribution in [3.8, 4) is 11.4 Å². The topological polar surface area (TPSA) is 28.7 Å². The van der Waals surface area contributed by atoms with Crippen LogP contribution in [0.15, 0.2) is 24.3 Å². The van der Waals surface area contributed by atoms with E-state index in [4.69, 9.17) is 12.2 Å². The van der Waals surface area contributed by atoms with Crippen LogP contribution in [0.5, 0.6) is 0 Å². The summed E-state index contributed by atoms with van der Waals surface area (Å²) in [6.07, 6.45) is -3.66. The van der Waals surface area contributed by atoms with Crippen LogP contribution in [0.25, 0.3) is 11.4 Å². The molecule has 2 nitrogen and oxygen atoms in total. The molecule has 1 aromatic heterocycles. The number of nitrogens with zero attached hydrogens (tertiary/aromatic N) is 1. The zero-order valence-electron chi connectivity index (χ0n) is 11.0. The Morgan fingerprint density at radius 1 is 1.30 bits per heavy atom. The molecule has 20 heavy (non-hydrogen) atoms. The first-order valence-corrected chi connectivity index (χ1v) is 6.51. The van der Waals surface area contributed by atoms with Crippen LogP contribution in [-0.4, -0.2) is 9.97 Å². The number of hydrogen-bond donors (Lipinski definition) is 1. The zero-order chi connectivity index (χ0) is 14.9. The fraction of sp³-hybridized carbons (Fsp3) is 0.286. The number of H-pyrrole nitrogens is 1. The maximum Gasteiger partial charge on any atom is 0.416 e. The van der Waals surface area contributed by atoms with E-state index in [0.29, 0.717) is 22.4 Å². The van der Waals surface area contributed by atoms with Crippen LogP contribution in [0.2, 0.25) is 0 Å². The van der Waals surface area contributed by atoms with E-state index in [2.05, 4.69) is 9.97 Å². The Hall–Kier alpha value is -1.69. The van der Waals surface area contributed by atoms with Crippen molar-refractivity contribution in [3.05, 3.63) is 45.7 Å². The minimum atomic E-state index is -4.37. The molecule has 0 aliphatic rings. The van der Waals surface area contributed by atoms with Crippen molar-refractivity contribution in [1.29, 1.82) is 0 Å². The predicted octanol–water partition coefficient (Wildman–Crippen LogP) is 4.70. The summed E-state index contributed by atoms with van der Waals surface area (Å²) in [5.74, 6) is 0.364. The SMILES string of the molecule is CCc1[nH]c(-c2cccc(C(F)(F)F)c2)nc(=S)c1C. The first kappa shape index (κ1) is 14.7. The molecule has 0 unspecified atom stereocenters. The van der Waals surface area contributed by atoms with Crippen LogP contribution in [0.3, 0.4) is 0 Å². The Morgan fingerprint density at radius 3 is 2.60 bits per heavy atom. The van der Waals surface area contributed by atoms with Gasteiger partial charge in [0.15, 0.2) is 0 Å². The highest BCUT2D eigenvalue weighted by Crippen LogP contribution is 2.31. The Labute approximate surface area is 119 Å². The molecule has 0 atom stereocenters. The van der Waals surface area contributed by atoms with Crippen molar-refractivity contribution < 1.29 is 13.2 Å². The van der Waals surface area contributed by atoms with E-state index in [9.17, 15) is 13.2 Å². The average molecular weight is 298 g/mol. The fourth-order valence-corrected chi connectivity index (χ4v) is 2.13. The molecule has 1 heterocycles. The maximum absolute atomic E-state index is 12.7. The molecule has 106 valence electrons. The fourth-order valence-electron chi connectivity index (χ4n) is 1.91. The van der Waals surface area contributed by atoms with Gasteiger partial charge in [0, 0.05) is 16.8 Å². The second-order valence-corrected chi connectivity index (χ2v) is 4.81. The van der Waals surface area contributed by atoms with E-state index in [1.807, 2.05) is 13.8 Å². The van der Waals surface area contributed by atoms with E-state index in [1.54, 1.807) is 6.07 Å². The Morgan fingerprint density at radius 2 is 2.00 bits per heavy atom. The summed E-state index contributed by atoms with van der Waals surface area (Å²) in [5, 5.41) is 0. The highest BCUT2D eigenvalue weighted by atomic mass is 32.1. The van der Waals surface area contributed by atoms with Gasteiger partial charge >= 0.3 is 6.18 Å². The van der Waals surface area contributed by atoms with Crippen molar-refractivity contribution in [1.82, 2.24) is 9.97 Å². The van der Waals surface area contributed by atoms with Gasteiger partial charge in [-0.05, 0) is 25.5 Å². The van der Waals surface area contributed by atoms with Gasteiger partial charge in [-0.1, -0.05) is 31.3 Å². The quantitative estimate of drug-likeness (QED) is 0.814. The Balaban J connectivity index is 2.58. The van der Waals surface area contributed by atoms with Crippen molar-refractivity contribution in [2.24, 2.45) is 0 Å². The largest absolute Gasteiger partial charge is 0.416 e. The van der Waals surface area contributed by atoms with Crippen molar-refractivity contribution >= 4 is 12.2 Å². The maximum atomic E-state index is 12.7. The van der Waals surface area contributed by atoms with Gasteiger partial charge in [0.2, 0.25) is 0 Å². The second-order valence-electron chi connectivity index (χ2n) is 4.43. The summed E-state index contributed by atoms with van der Waals surface area (Å²) < 4.78 is 38.6. The monoisotopic (exact) mass is 298 g/mol. The second kappa shape index (κ2) is 5.36.